The summed E-state index contributed by atoms with van der Waals surface area (Å²) >= 11 is 0. The fourth-order valence-electron chi connectivity index (χ4n) is 1.43. The highest BCUT2D eigenvalue weighted by Crippen LogP contribution is 2.20. The standard InChI is InChI=1S/C11H12O3/c1-6-4-9(11(13)14)10(5-12)8(3)7(6)2/h4-5H,1-3H3,(H,13,14). The fraction of sp³-hybridized carbons (Fsp3) is 0.273. The average molecular weight is 192 g/mol. The molecular weight excluding hydrogens is 180 g/mol. The molecule has 0 heterocycles. The lowest BCUT2D eigenvalue weighted by Crippen LogP contribution is -2.06. The van der Waals surface area contributed by atoms with Gasteiger partial charge in [0.2, 0.25) is 0 Å². The van der Waals surface area contributed by atoms with Gasteiger partial charge in [-0.3, -0.25) is 4.79 Å². The molecule has 14 heavy (non-hydrogen) atoms. The molecule has 0 aliphatic carbocycles. The lowest BCUT2D eigenvalue weighted by molar-refractivity contribution is 0.0693. The van der Waals surface area contributed by atoms with E-state index in [1.807, 2.05) is 13.8 Å². The van der Waals surface area contributed by atoms with Crippen molar-refractivity contribution >= 4 is 12.3 Å². The van der Waals surface area contributed by atoms with E-state index in [9.17, 15) is 9.59 Å². The number of carboxylic acids is 1. The molecule has 0 atom stereocenters. The Bertz CT molecular complexity index is 405. The van der Waals surface area contributed by atoms with Gasteiger partial charge in [0.05, 0.1) is 5.56 Å². The van der Waals surface area contributed by atoms with Gasteiger partial charge in [-0.05, 0) is 43.5 Å². The quantitative estimate of drug-likeness (QED) is 0.730. The van der Waals surface area contributed by atoms with Crippen molar-refractivity contribution in [3.63, 3.8) is 0 Å². The summed E-state index contributed by atoms with van der Waals surface area (Å²) in [4.78, 5) is 21.6. The molecular formula is C11H12O3. The predicted molar refractivity (Wildman–Crippen MR) is 53.0 cm³/mol. The number of aromatic carboxylic acids is 1. The molecule has 0 saturated heterocycles. The lowest BCUT2D eigenvalue weighted by atomic mass is 9.94. The van der Waals surface area contributed by atoms with Crippen LogP contribution >= 0.6 is 0 Å². The zero-order chi connectivity index (χ0) is 10.9. The van der Waals surface area contributed by atoms with Gasteiger partial charge < -0.3 is 5.11 Å². The summed E-state index contributed by atoms with van der Waals surface area (Å²) in [5.41, 5.74) is 2.97. The maximum atomic E-state index is 10.8. The van der Waals surface area contributed by atoms with Crippen molar-refractivity contribution in [2.24, 2.45) is 0 Å². The number of hydrogen-bond donors (Lipinski definition) is 1. The van der Waals surface area contributed by atoms with E-state index in [-0.39, 0.29) is 11.1 Å². The van der Waals surface area contributed by atoms with Gasteiger partial charge in [-0.1, -0.05) is 0 Å². The van der Waals surface area contributed by atoms with Crippen LogP contribution in [0.4, 0.5) is 0 Å². The van der Waals surface area contributed by atoms with Crippen molar-refractivity contribution in [1.29, 1.82) is 0 Å². The van der Waals surface area contributed by atoms with Crippen molar-refractivity contribution in [2.45, 2.75) is 20.8 Å². The Labute approximate surface area is 82.4 Å². The van der Waals surface area contributed by atoms with Crippen LogP contribution in [0, 0.1) is 20.8 Å². The second kappa shape index (κ2) is 3.62. The van der Waals surface area contributed by atoms with Crippen molar-refractivity contribution in [3.05, 3.63) is 33.9 Å². The van der Waals surface area contributed by atoms with Crippen LogP contribution in [0.25, 0.3) is 0 Å². The Morgan fingerprint density at radius 3 is 2.29 bits per heavy atom. The number of aryl methyl sites for hydroxylation is 1. The maximum Gasteiger partial charge on any atom is 0.336 e. The molecule has 3 nitrogen and oxygen atoms in total. The lowest BCUT2D eigenvalue weighted by Gasteiger charge is -2.10. The summed E-state index contributed by atoms with van der Waals surface area (Å²) in [7, 11) is 0. The Kier molecular flexibility index (Phi) is 2.70. The minimum absolute atomic E-state index is 0.0839. The van der Waals surface area contributed by atoms with E-state index in [1.165, 1.54) is 6.07 Å². The molecule has 0 aliphatic rings. The van der Waals surface area contributed by atoms with Crippen LogP contribution in [0.3, 0.4) is 0 Å². The van der Waals surface area contributed by atoms with Gasteiger partial charge >= 0.3 is 5.97 Å². The molecule has 0 bridgehead atoms. The summed E-state index contributed by atoms with van der Waals surface area (Å²) in [6.07, 6.45) is 0.602. The number of hydrogen-bond acceptors (Lipinski definition) is 2. The molecule has 0 aromatic heterocycles. The molecule has 74 valence electrons. The molecule has 0 amide bonds. The molecule has 0 aliphatic heterocycles. The maximum absolute atomic E-state index is 10.8. The Morgan fingerprint density at radius 2 is 1.86 bits per heavy atom. The van der Waals surface area contributed by atoms with Crippen LogP contribution in [0.15, 0.2) is 6.07 Å². The first-order valence-corrected chi connectivity index (χ1v) is 4.28. The van der Waals surface area contributed by atoms with E-state index in [4.69, 9.17) is 5.11 Å². The van der Waals surface area contributed by atoms with Gasteiger partial charge in [-0.25, -0.2) is 4.79 Å². The number of aldehydes is 1. The van der Waals surface area contributed by atoms with Crippen LogP contribution in [0.1, 0.15) is 37.4 Å². The summed E-state index contributed by atoms with van der Waals surface area (Å²) in [6.45, 7) is 5.48. The van der Waals surface area contributed by atoms with E-state index < -0.39 is 5.97 Å². The normalized spacial score (nSPS) is 9.93. The molecule has 0 unspecified atom stereocenters. The van der Waals surface area contributed by atoms with Gasteiger partial charge in [0, 0.05) is 5.56 Å². The number of carboxylic acid groups (broad SMARTS) is 1. The first kappa shape index (κ1) is 10.4. The zero-order valence-electron chi connectivity index (χ0n) is 8.42. The number of rotatable bonds is 2. The SMILES string of the molecule is Cc1cc(C(=O)O)c(C=O)c(C)c1C. The molecule has 1 aromatic rings. The molecule has 1 rings (SSSR count). The minimum atomic E-state index is -1.06. The number of benzene rings is 1. The smallest absolute Gasteiger partial charge is 0.336 e. The summed E-state index contributed by atoms with van der Waals surface area (Å²) in [6, 6.07) is 1.54. The van der Waals surface area contributed by atoms with E-state index in [0.717, 1.165) is 16.7 Å². The van der Waals surface area contributed by atoms with Crippen LogP contribution < -0.4 is 0 Å². The first-order chi connectivity index (χ1) is 6.49. The monoisotopic (exact) mass is 192 g/mol. The van der Waals surface area contributed by atoms with Crippen molar-refractivity contribution in [3.8, 4) is 0 Å². The fourth-order valence-corrected chi connectivity index (χ4v) is 1.43. The minimum Gasteiger partial charge on any atom is -0.478 e. The van der Waals surface area contributed by atoms with Crippen LogP contribution in [-0.2, 0) is 0 Å². The summed E-state index contributed by atoms with van der Waals surface area (Å²) < 4.78 is 0. The predicted octanol–water partition coefficient (Wildman–Crippen LogP) is 2.12. The molecule has 0 spiro atoms. The summed E-state index contributed by atoms with van der Waals surface area (Å²) in [5, 5.41) is 8.88. The van der Waals surface area contributed by atoms with Gasteiger partial charge in [-0.15, -0.1) is 0 Å². The third-order valence-corrected chi connectivity index (χ3v) is 2.56. The number of carbonyl (C=O) groups is 2. The summed E-state index contributed by atoms with van der Waals surface area (Å²) in [5.74, 6) is -1.06. The second-order valence-electron chi connectivity index (χ2n) is 3.33. The third-order valence-electron chi connectivity index (χ3n) is 2.56. The average Bonchev–Trinajstić information content (AvgIpc) is 2.13. The van der Waals surface area contributed by atoms with Crippen LogP contribution in [-0.4, -0.2) is 17.4 Å². The first-order valence-electron chi connectivity index (χ1n) is 4.28. The molecule has 0 saturated carbocycles. The van der Waals surface area contributed by atoms with Crippen molar-refractivity contribution in [2.75, 3.05) is 0 Å². The van der Waals surface area contributed by atoms with Crippen molar-refractivity contribution in [1.82, 2.24) is 0 Å². The van der Waals surface area contributed by atoms with Gasteiger partial charge in [-0.2, -0.15) is 0 Å². The highest BCUT2D eigenvalue weighted by molar-refractivity contribution is 5.98. The molecule has 0 fully saturated rings. The van der Waals surface area contributed by atoms with Crippen molar-refractivity contribution < 1.29 is 14.7 Å². The molecule has 1 aromatic carbocycles. The van der Waals surface area contributed by atoms with E-state index in [1.54, 1.807) is 6.92 Å². The molecule has 3 heteroatoms. The third kappa shape index (κ3) is 1.53. The molecule has 1 N–H and O–H groups in total. The van der Waals surface area contributed by atoms with Gasteiger partial charge in [0.1, 0.15) is 0 Å². The Hall–Kier alpha value is -1.64. The highest BCUT2D eigenvalue weighted by atomic mass is 16.4. The van der Waals surface area contributed by atoms with E-state index in [0.29, 0.717) is 6.29 Å². The second-order valence-corrected chi connectivity index (χ2v) is 3.33. The zero-order valence-corrected chi connectivity index (χ0v) is 8.42. The Balaban J connectivity index is 3.59. The largest absolute Gasteiger partial charge is 0.478 e. The van der Waals surface area contributed by atoms with Crippen LogP contribution in [0.5, 0.6) is 0 Å². The molecule has 0 radical (unpaired) electrons. The van der Waals surface area contributed by atoms with Gasteiger partial charge in [0.25, 0.3) is 0 Å². The number of carbonyl (C=O) groups excluding carboxylic acids is 1. The highest BCUT2D eigenvalue weighted by Gasteiger charge is 2.14. The van der Waals surface area contributed by atoms with E-state index >= 15 is 0 Å². The topological polar surface area (TPSA) is 54.4 Å². The van der Waals surface area contributed by atoms with Gasteiger partial charge in [0.15, 0.2) is 6.29 Å². The van der Waals surface area contributed by atoms with Crippen LogP contribution in [0.2, 0.25) is 0 Å². The Morgan fingerprint density at radius 1 is 1.29 bits per heavy atom. The van der Waals surface area contributed by atoms with E-state index in [2.05, 4.69) is 0 Å².